The summed E-state index contributed by atoms with van der Waals surface area (Å²) in [6.45, 7) is 3.23. The van der Waals surface area contributed by atoms with Crippen LogP contribution in [0.3, 0.4) is 0 Å². The van der Waals surface area contributed by atoms with Crippen LogP contribution < -0.4 is 0 Å². The van der Waals surface area contributed by atoms with E-state index in [0.717, 1.165) is 32.3 Å². The van der Waals surface area contributed by atoms with Gasteiger partial charge in [-0.15, -0.1) is 0 Å². The van der Waals surface area contributed by atoms with Gasteiger partial charge in [-0.25, -0.2) is 4.79 Å². The maximum atomic E-state index is 15.4. The summed E-state index contributed by atoms with van der Waals surface area (Å²) in [6.07, 6.45) is -3.67. The first-order chi connectivity index (χ1) is 13.7. The van der Waals surface area contributed by atoms with Crippen LogP contribution in [0.4, 0.5) is 22.0 Å². The molecule has 4 aliphatic carbocycles. The summed E-state index contributed by atoms with van der Waals surface area (Å²) in [6, 6.07) is 0. The Hall–Kier alpha value is -1.26. The van der Waals surface area contributed by atoms with E-state index in [9.17, 15) is 23.1 Å². The minimum absolute atomic E-state index is 0.155. The molecule has 0 spiro atoms. The fraction of sp³-hybridized carbons (Fsp3) is 0.850. The van der Waals surface area contributed by atoms with Crippen LogP contribution in [0.5, 0.6) is 0 Å². The van der Waals surface area contributed by atoms with Gasteiger partial charge in [0.2, 0.25) is 5.79 Å². The van der Waals surface area contributed by atoms with Crippen LogP contribution in [-0.4, -0.2) is 47.5 Å². The van der Waals surface area contributed by atoms with Crippen molar-refractivity contribution in [1.29, 1.82) is 0 Å². The number of ether oxygens (including phenoxy) is 3. The third-order valence-corrected chi connectivity index (χ3v) is 7.18. The van der Waals surface area contributed by atoms with E-state index in [2.05, 4.69) is 11.3 Å². The minimum Gasteiger partial charge on any atom is -0.457 e. The SMILES string of the molecule is C=CC(=O)OCC1(C)OC(C23CC4CC(CC(C4)C2)C3)C(F)(F)C(O)(C(F)(F)F)O1. The highest BCUT2D eigenvalue weighted by Gasteiger charge is 2.81. The lowest BCUT2D eigenvalue weighted by Crippen LogP contribution is -2.77. The van der Waals surface area contributed by atoms with Crippen molar-refractivity contribution in [3.05, 3.63) is 12.7 Å². The van der Waals surface area contributed by atoms with Crippen molar-refractivity contribution in [3.8, 4) is 0 Å². The van der Waals surface area contributed by atoms with Crippen molar-refractivity contribution in [2.75, 3.05) is 6.61 Å². The molecular weight excluding hydrogens is 415 g/mol. The van der Waals surface area contributed by atoms with E-state index < -0.39 is 47.8 Å². The van der Waals surface area contributed by atoms with Gasteiger partial charge in [0.05, 0.1) is 0 Å². The first-order valence-corrected chi connectivity index (χ1v) is 10.1. The number of hydrogen-bond acceptors (Lipinski definition) is 5. The van der Waals surface area contributed by atoms with Gasteiger partial charge in [0.15, 0.2) is 0 Å². The van der Waals surface area contributed by atoms with Crippen molar-refractivity contribution < 1.29 is 46.1 Å². The summed E-state index contributed by atoms with van der Waals surface area (Å²) in [5, 5.41) is 10.2. The van der Waals surface area contributed by atoms with Crippen LogP contribution in [0.25, 0.3) is 0 Å². The van der Waals surface area contributed by atoms with E-state index in [4.69, 9.17) is 9.47 Å². The van der Waals surface area contributed by atoms with Gasteiger partial charge in [-0.05, 0) is 63.2 Å². The van der Waals surface area contributed by atoms with Crippen molar-refractivity contribution in [2.24, 2.45) is 23.2 Å². The topological polar surface area (TPSA) is 65.0 Å². The highest BCUT2D eigenvalue weighted by atomic mass is 19.4. The fourth-order valence-corrected chi connectivity index (χ4v) is 6.49. The summed E-state index contributed by atoms with van der Waals surface area (Å²) in [4.78, 5) is 11.4. The molecule has 10 heteroatoms. The molecule has 3 unspecified atom stereocenters. The van der Waals surface area contributed by atoms with E-state index in [1.807, 2.05) is 0 Å². The van der Waals surface area contributed by atoms with E-state index in [1.165, 1.54) is 0 Å². The molecule has 1 aliphatic heterocycles. The Balaban J connectivity index is 1.74. The van der Waals surface area contributed by atoms with E-state index >= 15 is 8.78 Å². The molecule has 5 rings (SSSR count). The van der Waals surface area contributed by atoms with Gasteiger partial charge < -0.3 is 19.3 Å². The lowest BCUT2D eigenvalue weighted by atomic mass is 9.47. The lowest BCUT2D eigenvalue weighted by Gasteiger charge is -2.63. The van der Waals surface area contributed by atoms with Gasteiger partial charge in [0, 0.05) is 11.5 Å². The lowest BCUT2D eigenvalue weighted by molar-refractivity contribution is -0.538. The molecule has 1 heterocycles. The quantitative estimate of drug-likeness (QED) is 0.408. The number of carbonyl (C=O) groups is 1. The second kappa shape index (κ2) is 6.62. The average Bonchev–Trinajstić information content (AvgIpc) is 2.61. The molecule has 30 heavy (non-hydrogen) atoms. The van der Waals surface area contributed by atoms with Gasteiger partial charge in [-0.1, -0.05) is 6.58 Å². The van der Waals surface area contributed by atoms with Gasteiger partial charge in [-0.3, -0.25) is 0 Å². The van der Waals surface area contributed by atoms with Crippen molar-refractivity contribution in [1.82, 2.24) is 0 Å². The van der Waals surface area contributed by atoms with Crippen LogP contribution in [0, 0.1) is 23.2 Å². The van der Waals surface area contributed by atoms with Crippen LogP contribution in [0.15, 0.2) is 12.7 Å². The van der Waals surface area contributed by atoms with E-state index in [1.54, 1.807) is 0 Å². The summed E-state index contributed by atoms with van der Waals surface area (Å²) in [5.41, 5.74) is -1.20. The van der Waals surface area contributed by atoms with Crippen LogP contribution >= 0.6 is 0 Å². The fourth-order valence-electron chi connectivity index (χ4n) is 6.49. The van der Waals surface area contributed by atoms with Gasteiger partial charge in [0.1, 0.15) is 12.7 Å². The van der Waals surface area contributed by atoms with E-state index in [0.29, 0.717) is 19.3 Å². The predicted molar refractivity (Wildman–Crippen MR) is 92.1 cm³/mol. The molecule has 170 valence electrons. The van der Waals surface area contributed by atoms with Gasteiger partial charge >= 0.3 is 23.9 Å². The second-order valence-electron chi connectivity index (χ2n) is 9.59. The second-order valence-corrected chi connectivity index (χ2v) is 9.59. The first-order valence-electron chi connectivity index (χ1n) is 10.1. The number of rotatable bonds is 4. The summed E-state index contributed by atoms with van der Waals surface area (Å²) in [5.74, 6) is -12.5. The van der Waals surface area contributed by atoms with Crippen LogP contribution in [-0.2, 0) is 19.0 Å². The highest BCUT2D eigenvalue weighted by molar-refractivity contribution is 5.81. The molecule has 0 aromatic carbocycles. The predicted octanol–water partition coefficient (Wildman–Crippen LogP) is 3.95. The number of alkyl halides is 5. The Labute approximate surface area is 170 Å². The molecule has 4 saturated carbocycles. The van der Waals surface area contributed by atoms with Crippen molar-refractivity contribution in [2.45, 2.75) is 75.2 Å². The molecule has 5 nitrogen and oxygen atoms in total. The number of esters is 1. The van der Waals surface area contributed by atoms with E-state index in [-0.39, 0.29) is 17.8 Å². The van der Waals surface area contributed by atoms with Crippen LogP contribution in [0.1, 0.15) is 45.4 Å². The summed E-state index contributed by atoms with van der Waals surface area (Å²) >= 11 is 0. The smallest absolute Gasteiger partial charge is 0.449 e. The Morgan fingerprint density at radius 1 is 1.17 bits per heavy atom. The molecule has 5 aliphatic rings. The molecule has 1 saturated heterocycles. The average molecular weight is 440 g/mol. The molecule has 3 atom stereocenters. The van der Waals surface area contributed by atoms with Crippen molar-refractivity contribution >= 4 is 5.97 Å². The molecule has 0 aromatic heterocycles. The zero-order valence-electron chi connectivity index (χ0n) is 16.5. The largest absolute Gasteiger partial charge is 0.457 e. The first kappa shape index (κ1) is 22.0. The zero-order valence-corrected chi connectivity index (χ0v) is 16.5. The van der Waals surface area contributed by atoms with Gasteiger partial charge in [-0.2, -0.15) is 22.0 Å². The minimum atomic E-state index is -5.80. The monoisotopic (exact) mass is 440 g/mol. The highest BCUT2D eigenvalue weighted by Crippen LogP contribution is 2.66. The molecule has 5 fully saturated rings. The maximum absolute atomic E-state index is 15.4. The standard InChI is InChI=1S/C20H25F5O5/c1-3-14(26)28-10-16(2)29-15(18(21,22)19(27,30-16)20(23,24)25)17-7-11-4-12(8-17)6-13(5-11)9-17/h3,11-13,15,27H,1,4-10H2,2H3. The normalized spacial score (nSPS) is 47.2. The Kier molecular flexibility index (Phi) is 4.84. The number of hydrogen-bond donors (Lipinski definition) is 1. The molecule has 0 radical (unpaired) electrons. The number of aliphatic hydroxyl groups is 1. The summed E-state index contributed by atoms with van der Waals surface area (Å²) in [7, 11) is 0. The zero-order chi connectivity index (χ0) is 22.2. The van der Waals surface area contributed by atoms with Gasteiger partial charge in [0.25, 0.3) is 0 Å². The Morgan fingerprint density at radius 2 is 1.67 bits per heavy atom. The third kappa shape index (κ3) is 3.17. The number of carbonyl (C=O) groups excluding carboxylic acids is 1. The molecular formula is C20H25F5O5. The molecule has 0 aromatic rings. The molecule has 4 bridgehead atoms. The molecule has 0 amide bonds. The van der Waals surface area contributed by atoms with Crippen molar-refractivity contribution in [3.63, 3.8) is 0 Å². The molecule has 1 N–H and O–H groups in total. The Morgan fingerprint density at radius 3 is 2.10 bits per heavy atom. The third-order valence-electron chi connectivity index (χ3n) is 7.18. The van der Waals surface area contributed by atoms with Crippen LogP contribution in [0.2, 0.25) is 0 Å². The number of halogens is 5. The Bertz CT molecular complexity index is 700. The maximum Gasteiger partial charge on any atom is 0.449 e. The summed E-state index contributed by atoms with van der Waals surface area (Å²) < 4.78 is 86.7.